The summed E-state index contributed by atoms with van der Waals surface area (Å²) in [7, 11) is 2.79. The first kappa shape index (κ1) is 22.3. The zero-order chi connectivity index (χ0) is 23.0. The highest BCUT2D eigenvalue weighted by Crippen LogP contribution is 2.33. The van der Waals surface area contributed by atoms with E-state index in [0.717, 1.165) is 5.56 Å². The summed E-state index contributed by atoms with van der Waals surface area (Å²) in [4.78, 5) is 31.2. The normalized spacial score (nSPS) is 15.9. The molecule has 4 rings (SSSR count). The number of thiazole rings is 1. The molecule has 9 heteroatoms. The molecular weight excluding hydrogens is 543 g/mol. The van der Waals surface area contributed by atoms with Crippen molar-refractivity contribution in [3.8, 4) is 11.5 Å². The minimum atomic E-state index is -0.642. The molecule has 3 aromatic rings. The monoisotopic (exact) mass is 562 g/mol. The van der Waals surface area contributed by atoms with E-state index < -0.39 is 12.0 Å². The van der Waals surface area contributed by atoms with Crippen molar-refractivity contribution in [2.75, 3.05) is 14.2 Å². The van der Waals surface area contributed by atoms with Gasteiger partial charge in [-0.25, -0.2) is 9.79 Å². The fourth-order valence-electron chi connectivity index (χ4n) is 3.63. The number of esters is 1. The Hall–Kier alpha value is -2.92. The van der Waals surface area contributed by atoms with Crippen molar-refractivity contribution in [2.45, 2.75) is 13.0 Å². The smallest absolute Gasteiger partial charge is 0.338 e. The Morgan fingerprint density at radius 1 is 1.25 bits per heavy atom. The maximum atomic E-state index is 13.5. The van der Waals surface area contributed by atoms with E-state index in [4.69, 9.17) is 9.47 Å². The number of carbonyl (C=O) groups is 1. The number of aromatic nitrogens is 1. The van der Waals surface area contributed by atoms with Crippen LogP contribution in [-0.4, -0.2) is 29.9 Å². The fourth-order valence-corrected chi connectivity index (χ4v) is 5.30. The Morgan fingerprint density at radius 3 is 2.62 bits per heavy atom. The van der Waals surface area contributed by atoms with Crippen molar-refractivity contribution in [1.29, 1.82) is 0 Å². The highest BCUT2D eigenvalue weighted by molar-refractivity contribution is 14.1. The fraction of sp³-hybridized carbons (Fsp3) is 0.174. The molecule has 1 aliphatic rings. The lowest BCUT2D eigenvalue weighted by Gasteiger charge is -2.24. The highest BCUT2D eigenvalue weighted by atomic mass is 127. The van der Waals surface area contributed by atoms with E-state index in [1.54, 1.807) is 25.1 Å². The average molecular weight is 562 g/mol. The number of aromatic hydroxyl groups is 1. The first-order valence-electron chi connectivity index (χ1n) is 9.58. The van der Waals surface area contributed by atoms with Gasteiger partial charge >= 0.3 is 5.97 Å². The maximum Gasteiger partial charge on any atom is 0.338 e. The van der Waals surface area contributed by atoms with Crippen molar-refractivity contribution in [2.24, 2.45) is 4.99 Å². The van der Waals surface area contributed by atoms with Gasteiger partial charge < -0.3 is 14.6 Å². The predicted molar refractivity (Wildman–Crippen MR) is 130 cm³/mol. The third-order valence-electron chi connectivity index (χ3n) is 5.11. The Balaban J connectivity index is 1.97. The van der Waals surface area contributed by atoms with Crippen LogP contribution in [0, 0.1) is 3.57 Å². The van der Waals surface area contributed by atoms with Crippen LogP contribution >= 0.6 is 33.9 Å². The first-order valence-corrected chi connectivity index (χ1v) is 11.5. The van der Waals surface area contributed by atoms with Gasteiger partial charge in [0, 0.05) is 0 Å². The number of benzene rings is 2. The lowest BCUT2D eigenvalue weighted by molar-refractivity contribution is -0.136. The lowest BCUT2D eigenvalue weighted by atomic mass is 9.96. The van der Waals surface area contributed by atoms with Gasteiger partial charge in [-0.2, -0.15) is 0 Å². The largest absolute Gasteiger partial charge is 0.504 e. The number of hydrogen-bond acceptors (Lipinski definition) is 7. The Morgan fingerprint density at radius 2 is 1.97 bits per heavy atom. The van der Waals surface area contributed by atoms with E-state index in [2.05, 4.69) is 4.99 Å². The molecule has 1 N–H and O–H groups in total. The zero-order valence-corrected chi connectivity index (χ0v) is 20.4. The molecular formula is C23H19IN2O5S. The van der Waals surface area contributed by atoms with Crippen LogP contribution in [0.1, 0.15) is 24.1 Å². The van der Waals surface area contributed by atoms with E-state index in [1.807, 2.05) is 52.9 Å². The van der Waals surface area contributed by atoms with Gasteiger partial charge in [0.05, 0.1) is 39.6 Å². The minimum absolute atomic E-state index is 0.0501. The summed E-state index contributed by atoms with van der Waals surface area (Å²) in [5.41, 5.74) is 2.07. The van der Waals surface area contributed by atoms with Crippen molar-refractivity contribution in [1.82, 2.24) is 4.57 Å². The average Bonchev–Trinajstić information content (AvgIpc) is 3.09. The van der Waals surface area contributed by atoms with Crippen LogP contribution in [0.5, 0.6) is 11.5 Å². The molecule has 7 nitrogen and oxygen atoms in total. The molecule has 0 bridgehead atoms. The Kier molecular flexibility index (Phi) is 6.20. The molecule has 1 unspecified atom stereocenters. The van der Waals surface area contributed by atoms with Gasteiger partial charge in [0.1, 0.15) is 0 Å². The number of hydrogen-bond donors (Lipinski definition) is 1. The van der Waals surface area contributed by atoms with E-state index in [0.29, 0.717) is 35.5 Å². The second-order valence-corrected chi connectivity index (χ2v) is 9.21. The van der Waals surface area contributed by atoms with Crippen LogP contribution in [0.3, 0.4) is 0 Å². The maximum absolute atomic E-state index is 13.5. The van der Waals surface area contributed by atoms with Crippen molar-refractivity contribution < 1.29 is 19.4 Å². The number of nitrogens with zero attached hydrogens (tertiary/aromatic N) is 2. The number of carbonyl (C=O) groups excluding carboxylic acids is 1. The zero-order valence-electron chi connectivity index (χ0n) is 17.5. The third-order valence-corrected chi connectivity index (χ3v) is 6.92. The second-order valence-electron chi connectivity index (χ2n) is 7.04. The number of allylic oxidation sites excluding steroid dienone is 1. The first-order chi connectivity index (χ1) is 15.3. The number of rotatable bonds is 4. The molecule has 0 spiro atoms. The molecule has 2 heterocycles. The summed E-state index contributed by atoms with van der Waals surface area (Å²) in [6, 6.07) is 12.1. The van der Waals surface area contributed by atoms with Crippen molar-refractivity contribution >= 4 is 46.0 Å². The van der Waals surface area contributed by atoms with E-state index >= 15 is 0 Å². The summed E-state index contributed by atoms with van der Waals surface area (Å²) in [6.07, 6.45) is 1.73. The van der Waals surface area contributed by atoms with Crippen LogP contribution in [0.4, 0.5) is 0 Å². The van der Waals surface area contributed by atoms with E-state index in [-0.39, 0.29) is 11.3 Å². The van der Waals surface area contributed by atoms with E-state index in [1.165, 1.54) is 30.1 Å². The van der Waals surface area contributed by atoms with Gasteiger partial charge in [0.2, 0.25) is 0 Å². The molecule has 0 aliphatic carbocycles. The van der Waals surface area contributed by atoms with Gasteiger partial charge in [0.15, 0.2) is 16.3 Å². The number of methoxy groups -OCH3 is 2. The van der Waals surface area contributed by atoms with Gasteiger partial charge in [-0.05, 0) is 58.9 Å². The van der Waals surface area contributed by atoms with Crippen molar-refractivity contribution in [3.05, 3.63) is 88.1 Å². The Labute approximate surface area is 201 Å². The molecule has 1 atom stereocenters. The standard InChI is InChI=1S/C23H19IN2O5S/c1-12-18(22(29)31-3)19(14-7-5-4-6-8-14)26-21(28)17(32-23(26)25-12)11-13-9-15(24)20(27)16(10-13)30-2/h4-11,19,27H,1-3H3. The van der Waals surface area contributed by atoms with Crippen LogP contribution in [0.25, 0.3) is 6.08 Å². The molecule has 0 saturated heterocycles. The number of fused-ring (bicyclic) bond motifs is 1. The van der Waals surface area contributed by atoms with Gasteiger partial charge in [-0.3, -0.25) is 9.36 Å². The minimum Gasteiger partial charge on any atom is -0.504 e. The number of ether oxygens (including phenoxy) is 2. The highest BCUT2D eigenvalue weighted by Gasteiger charge is 2.32. The summed E-state index contributed by atoms with van der Waals surface area (Å²) >= 11 is 3.25. The van der Waals surface area contributed by atoms with Crippen LogP contribution in [0.2, 0.25) is 0 Å². The number of phenolic OH excluding ortho intramolecular Hbond substituents is 1. The molecule has 1 aliphatic heterocycles. The van der Waals surface area contributed by atoms with Crippen LogP contribution in [0.15, 0.2) is 63.5 Å². The Bertz CT molecular complexity index is 1420. The molecule has 164 valence electrons. The summed E-state index contributed by atoms with van der Waals surface area (Å²) in [5, 5.41) is 10.1. The van der Waals surface area contributed by atoms with Crippen molar-refractivity contribution in [3.63, 3.8) is 0 Å². The van der Waals surface area contributed by atoms with Crippen LogP contribution in [-0.2, 0) is 9.53 Å². The molecule has 0 radical (unpaired) electrons. The summed E-state index contributed by atoms with van der Waals surface area (Å²) in [5.74, 6) is -0.150. The molecule has 0 fully saturated rings. The molecule has 0 amide bonds. The topological polar surface area (TPSA) is 90.1 Å². The molecule has 32 heavy (non-hydrogen) atoms. The molecule has 1 aromatic heterocycles. The van der Waals surface area contributed by atoms with Crippen LogP contribution < -0.4 is 19.6 Å². The SMILES string of the molecule is COC(=O)C1=C(C)N=c2sc(=Cc3cc(I)c(O)c(OC)c3)c(=O)n2C1c1ccccc1. The number of halogens is 1. The lowest BCUT2D eigenvalue weighted by Crippen LogP contribution is -2.39. The number of phenols is 1. The predicted octanol–water partition coefficient (Wildman–Crippen LogP) is 2.73. The van der Waals surface area contributed by atoms with Gasteiger partial charge in [0.25, 0.3) is 5.56 Å². The van der Waals surface area contributed by atoms with Gasteiger partial charge in [-0.1, -0.05) is 41.7 Å². The summed E-state index contributed by atoms with van der Waals surface area (Å²) in [6.45, 7) is 1.74. The summed E-state index contributed by atoms with van der Waals surface area (Å²) < 4.78 is 12.8. The second kappa shape index (κ2) is 8.91. The third kappa shape index (κ3) is 3.86. The van der Waals surface area contributed by atoms with E-state index in [9.17, 15) is 14.7 Å². The molecule has 0 saturated carbocycles. The molecule has 2 aromatic carbocycles. The quantitative estimate of drug-likeness (QED) is 0.391. The van der Waals surface area contributed by atoms with Gasteiger partial charge in [-0.15, -0.1) is 0 Å².